The summed E-state index contributed by atoms with van der Waals surface area (Å²) in [5.41, 5.74) is 5.46. The molecule has 0 bridgehead atoms. The number of benzene rings is 2. The van der Waals surface area contributed by atoms with Gasteiger partial charge in [0.2, 0.25) is 0 Å². The standard InChI is InChI=1S/C23H28N2O3/c26-22-7-10-25(11-8-22)15-20-4-2-1-3-19(20)14-24-23(27)18-6-5-17-9-12-28-16-21(17)13-18/h1-6,13,22,26H,7-12,14-16H2,(H,24,27). The first-order chi connectivity index (χ1) is 13.7. The second kappa shape index (κ2) is 8.86. The van der Waals surface area contributed by atoms with E-state index in [2.05, 4.69) is 22.3 Å². The van der Waals surface area contributed by atoms with Crippen LogP contribution < -0.4 is 5.32 Å². The number of aliphatic hydroxyl groups is 1. The lowest BCUT2D eigenvalue weighted by molar-refractivity contribution is 0.0790. The Kier molecular flexibility index (Phi) is 6.05. The highest BCUT2D eigenvalue weighted by atomic mass is 16.5. The molecule has 0 radical (unpaired) electrons. The van der Waals surface area contributed by atoms with E-state index in [0.717, 1.165) is 56.6 Å². The monoisotopic (exact) mass is 380 g/mol. The van der Waals surface area contributed by atoms with Gasteiger partial charge >= 0.3 is 0 Å². The van der Waals surface area contributed by atoms with E-state index < -0.39 is 0 Å². The van der Waals surface area contributed by atoms with E-state index in [1.54, 1.807) is 0 Å². The predicted octanol–water partition coefficient (Wildman–Crippen LogP) is 2.65. The fourth-order valence-corrected chi connectivity index (χ4v) is 3.99. The van der Waals surface area contributed by atoms with Gasteiger partial charge in [0.1, 0.15) is 0 Å². The molecule has 2 aliphatic rings. The van der Waals surface area contributed by atoms with Gasteiger partial charge in [-0.3, -0.25) is 9.69 Å². The Morgan fingerprint density at radius 2 is 1.89 bits per heavy atom. The molecule has 148 valence electrons. The van der Waals surface area contributed by atoms with Crippen LogP contribution in [0.5, 0.6) is 0 Å². The predicted molar refractivity (Wildman–Crippen MR) is 108 cm³/mol. The van der Waals surface area contributed by atoms with Crippen molar-refractivity contribution >= 4 is 5.91 Å². The third kappa shape index (κ3) is 4.61. The molecule has 2 aromatic rings. The Balaban J connectivity index is 1.39. The molecule has 28 heavy (non-hydrogen) atoms. The van der Waals surface area contributed by atoms with Crippen LogP contribution >= 0.6 is 0 Å². The molecular formula is C23H28N2O3. The molecule has 0 saturated carbocycles. The molecule has 2 aromatic carbocycles. The van der Waals surface area contributed by atoms with Crippen molar-refractivity contribution in [2.75, 3.05) is 19.7 Å². The van der Waals surface area contributed by atoms with Gasteiger partial charge in [-0.25, -0.2) is 0 Å². The van der Waals surface area contributed by atoms with E-state index in [1.165, 1.54) is 11.1 Å². The molecule has 0 aliphatic carbocycles. The summed E-state index contributed by atoms with van der Waals surface area (Å²) in [6.45, 7) is 4.54. The number of carbonyl (C=O) groups excluding carboxylic acids is 1. The van der Waals surface area contributed by atoms with E-state index in [4.69, 9.17) is 4.74 Å². The summed E-state index contributed by atoms with van der Waals surface area (Å²) in [7, 11) is 0. The third-order valence-corrected chi connectivity index (χ3v) is 5.75. The van der Waals surface area contributed by atoms with Crippen LogP contribution in [0.3, 0.4) is 0 Å². The van der Waals surface area contributed by atoms with Crippen LogP contribution in [0, 0.1) is 0 Å². The van der Waals surface area contributed by atoms with E-state index in [1.807, 2.05) is 30.3 Å². The van der Waals surface area contributed by atoms with Crippen LogP contribution in [0.2, 0.25) is 0 Å². The zero-order valence-corrected chi connectivity index (χ0v) is 16.2. The van der Waals surface area contributed by atoms with E-state index in [0.29, 0.717) is 18.7 Å². The summed E-state index contributed by atoms with van der Waals surface area (Å²) in [5, 5.41) is 12.8. The topological polar surface area (TPSA) is 61.8 Å². The van der Waals surface area contributed by atoms with Crippen LogP contribution in [0.4, 0.5) is 0 Å². The lowest BCUT2D eigenvalue weighted by Gasteiger charge is -2.30. The number of hydrogen-bond acceptors (Lipinski definition) is 4. The summed E-state index contributed by atoms with van der Waals surface area (Å²) in [6.07, 6.45) is 2.42. The first-order valence-corrected chi connectivity index (χ1v) is 10.1. The lowest BCUT2D eigenvalue weighted by atomic mass is 10.00. The van der Waals surface area contributed by atoms with Gasteiger partial charge in [0.05, 0.1) is 19.3 Å². The van der Waals surface area contributed by atoms with Crippen molar-refractivity contribution in [2.24, 2.45) is 0 Å². The fraction of sp³-hybridized carbons (Fsp3) is 0.435. The SMILES string of the molecule is O=C(NCc1ccccc1CN1CCC(O)CC1)c1ccc2c(c1)COCC2. The second-order valence-corrected chi connectivity index (χ2v) is 7.74. The maximum absolute atomic E-state index is 12.7. The van der Waals surface area contributed by atoms with E-state index in [-0.39, 0.29) is 12.0 Å². The molecule has 5 nitrogen and oxygen atoms in total. The van der Waals surface area contributed by atoms with Crippen LogP contribution in [0.1, 0.15) is 45.5 Å². The summed E-state index contributed by atoms with van der Waals surface area (Å²) in [6, 6.07) is 14.2. The Morgan fingerprint density at radius 1 is 1.11 bits per heavy atom. The number of rotatable bonds is 5. The number of nitrogens with one attached hydrogen (secondary N) is 1. The number of piperidine rings is 1. The largest absolute Gasteiger partial charge is 0.393 e. The first-order valence-electron chi connectivity index (χ1n) is 10.1. The first kappa shape index (κ1) is 19.1. The summed E-state index contributed by atoms with van der Waals surface area (Å²) in [5.74, 6) is -0.0516. The molecule has 1 amide bonds. The molecular weight excluding hydrogens is 352 g/mol. The van der Waals surface area contributed by atoms with Gasteiger partial charge in [0.25, 0.3) is 5.91 Å². The molecule has 2 N–H and O–H groups in total. The van der Waals surface area contributed by atoms with Gasteiger partial charge in [-0.05, 0) is 53.6 Å². The average Bonchev–Trinajstić information content (AvgIpc) is 2.74. The van der Waals surface area contributed by atoms with Crippen molar-refractivity contribution in [1.29, 1.82) is 0 Å². The zero-order valence-electron chi connectivity index (χ0n) is 16.2. The minimum absolute atomic E-state index is 0.0516. The maximum Gasteiger partial charge on any atom is 0.251 e. The van der Waals surface area contributed by atoms with Gasteiger partial charge in [0, 0.05) is 31.7 Å². The summed E-state index contributed by atoms with van der Waals surface area (Å²) < 4.78 is 5.50. The molecule has 2 heterocycles. The van der Waals surface area contributed by atoms with Gasteiger partial charge < -0.3 is 15.2 Å². The number of ether oxygens (including phenoxy) is 1. The molecule has 1 fully saturated rings. The van der Waals surface area contributed by atoms with Crippen molar-refractivity contribution in [3.05, 3.63) is 70.3 Å². The molecule has 0 unspecified atom stereocenters. The number of aliphatic hydroxyl groups excluding tert-OH is 1. The molecule has 4 rings (SSSR count). The minimum Gasteiger partial charge on any atom is -0.393 e. The number of nitrogens with zero attached hydrogens (tertiary/aromatic N) is 1. The van der Waals surface area contributed by atoms with Crippen LogP contribution in [0.25, 0.3) is 0 Å². The molecule has 5 heteroatoms. The second-order valence-electron chi connectivity index (χ2n) is 7.74. The van der Waals surface area contributed by atoms with Gasteiger partial charge in [-0.15, -0.1) is 0 Å². The summed E-state index contributed by atoms with van der Waals surface area (Å²) >= 11 is 0. The number of carbonyl (C=O) groups is 1. The maximum atomic E-state index is 12.7. The van der Waals surface area contributed by atoms with Gasteiger partial charge in [-0.1, -0.05) is 30.3 Å². The highest BCUT2D eigenvalue weighted by molar-refractivity contribution is 5.94. The van der Waals surface area contributed by atoms with Crippen molar-refractivity contribution in [3.63, 3.8) is 0 Å². The molecule has 0 spiro atoms. The van der Waals surface area contributed by atoms with Crippen molar-refractivity contribution < 1.29 is 14.6 Å². The zero-order chi connectivity index (χ0) is 19.3. The van der Waals surface area contributed by atoms with Crippen LogP contribution in [-0.4, -0.2) is 41.7 Å². The molecule has 2 aliphatic heterocycles. The number of amides is 1. The average molecular weight is 380 g/mol. The molecule has 0 aromatic heterocycles. The van der Waals surface area contributed by atoms with Crippen molar-refractivity contribution in [1.82, 2.24) is 10.2 Å². The quantitative estimate of drug-likeness (QED) is 0.837. The molecule has 0 atom stereocenters. The van der Waals surface area contributed by atoms with Gasteiger partial charge in [0.15, 0.2) is 0 Å². The Hall–Kier alpha value is -2.21. The van der Waals surface area contributed by atoms with Crippen LogP contribution in [0.15, 0.2) is 42.5 Å². The Labute approximate surface area is 166 Å². The number of fused-ring (bicyclic) bond motifs is 1. The molecule has 1 saturated heterocycles. The lowest BCUT2D eigenvalue weighted by Crippen LogP contribution is -2.35. The normalized spacial score (nSPS) is 17.9. The highest BCUT2D eigenvalue weighted by Crippen LogP contribution is 2.19. The van der Waals surface area contributed by atoms with E-state index in [9.17, 15) is 9.90 Å². The highest BCUT2D eigenvalue weighted by Gasteiger charge is 2.18. The van der Waals surface area contributed by atoms with E-state index >= 15 is 0 Å². The third-order valence-electron chi connectivity index (χ3n) is 5.75. The Morgan fingerprint density at radius 3 is 2.71 bits per heavy atom. The minimum atomic E-state index is -0.159. The van der Waals surface area contributed by atoms with Crippen molar-refractivity contribution in [3.8, 4) is 0 Å². The van der Waals surface area contributed by atoms with Gasteiger partial charge in [-0.2, -0.15) is 0 Å². The fourth-order valence-electron chi connectivity index (χ4n) is 3.99. The smallest absolute Gasteiger partial charge is 0.251 e. The Bertz CT molecular complexity index is 828. The van der Waals surface area contributed by atoms with Crippen molar-refractivity contribution in [2.45, 2.75) is 45.1 Å². The number of hydrogen-bond donors (Lipinski definition) is 2. The summed E-state index contributed by atoms with van der Waals surface area (Å²) in [4.78, 5) is 15.0. The van der Waals surface area contributed by atoms with Crippen LogP contribution in [-0.2, 0) is 30.9 Å². The number of likely N-dealkylation sites (tertiary alicyclic amines) is 1.